The molecule has 1 aliphatic rings. The molecule has 0 fully saturated rings. The number of hydrogen-bond donors (Lipinski definition) is 1. The normalized spacial score (nSPS) is 16.8. The van der Waals surface area contributed by atoms with E-state index in [2.05, 4.69) is 4.99 Å². The zero-order chi connectivity index (χ0) is 18.1. The topological polar surface area (TPSA) is 79.0 Å². The molecule has 2 aromatic carbocycles. The number of amides is 2. The van der Waals surface area contributed by atoms with Crippen molar-refractivity contribution in [2.75, 3.05) is 11.9 Å². The van der Waals surface area contributed by atoms with Gasteiger partial charge in [-0.3, -0.25) is 9.59 Å². The van der Waals surface area contributed by atoms with Crippen molar-refractivity contribution < 1.29 is 9.59 Å². The molecule has 6 nitrogen and oxygen atoms in total. The van der Waals surface area contributed by atoms with Gasteiger partial charge in [-0.25, -0.2) is 15.8 Å². The smallest absolute Gasteiger partial charge is 0.273 e. The van der Waals surface area contributed by atoms with Gasteiger partial charge in [-0.1, -0.05) is 41.9 Å². The van der Waals surface area contributed by atoms with Crippen molar-refractivity contribution in [3.05, 3.63) is 64.7 Å². The van der Waals surface area contributed by atoms with Gasteiger partial charge in [0.1, 0.15) is 0 Å². The minimum Gasteiger partial charge on any atom is -0.311 e. The predicted octanol–water partition coefficient (Wildman–Crippen LogP) is 2.20. The van der Waals surface area contributed by atoms with Crippen LogP contribution in [0.2, 0.25) is 5.02 Å². The van der Waals surface area contributed by atoms with Gasteiger partial charge in [-0.05, 0) is 18.2 Å². The van der Waals surface area contributed by atoms with Crippen molar-refractivity contribution in [2.24, 2.45) is 10.8 Å². The number of benzene rings is 2. The summed E-state index contributed by atoms with van der Waals surface area (Å²) >= 11 is 6.17. The van der Waals surface area contributed by atoms with Crippen LogP contribution in [0.25, 0.3) is 0 Å². The van der Waals surface area contributed by atoms with Crippen LogP contribution in [0.5, 0.6) is 0 Å². The maximum absolute atomic E-state index is 12.8. The molecule has 2 amide bonds. The van der Waals surface area contributed by atoms with Crippen molar-refractivity contribution in [1.29, 1.82) is 0 Å². The van der Waals surface area contributed by atoms with Crippen LogP contribution in [0.3, 0.4) is 0 Å². The number of fused-ring (bicyclic) bond motifs is 1. The second-order valence-corrected chi connectivity index (χ2v) is 6.14. The summed E-state index contributed by atoms with van der Waals surface area (Å²) < 4.78 is 0. The summed E-state index contributed by atoms with van der Waals surface area (Å²) in [6.07, 6.45) is -1.15. The first kappa shape index (κ1) is 17.1. The summed E-state index contributed by atoms with van der Waals surface area (Å²) in [5.74, 6) is 4.97. The molecule has 0 spiro atoms. The summed E-state index contributed by atoms with van der Waals surface area (Å²) in [5, 5.41) is 1.37. The van der Waals surface area contributed by atoms with E-state index < -0.39 is 18.0 Å². The number of nitrogens with zero attached hydrogens (tertiary/aromatic N) is 3. The molecule has 1 aliphatic heterocycles. The van der Waals surface area contributed by atoms with E-state index in [0.717, 1.165) is 10.6 Å². The molecular weight excluding hydrogens is 340 g/mol. The number of carbonyl (C=O) groups excluding carboxylic acids is 2. The fourth-order valence-electron chi connectivity index (χ4n) is 2.71. The number of nitrogens with two attached hydrogens (primary N) is 1. The van der Waals surface area contributed by atoms with Crippen LogP contribution in [0.1, 0.15) is 18.1 Å². The lowest BCUT2D eigenvalue weighted by atomic mass is 10.0. The molecule has 2 aromatic rings. The molecule has 25 heavy (non-hydrogen) atoms. The van der Waals surface area contributed by atoms with Crippen LogP contribution in [0.4, 0.5) is 5.69 Å². The van der Waals surface area contributed by atoms with Gasteiger partial charge in [-0.15, -0.1) is 0 Å². The number of benzodiazepines with no additional fused rings is 1. The summed E-state index contributed by atoms with van der Waals surface area (Å²) in [7, 11) is 1.62. The standard InChI is InChI=1S/C18H17ClN4O2/c1-11(24)23(20)17-18(25)22(2)15-9-8-13(19)10-14(15)16(21-17)12-6-4-3-5-7-12/h3-10,17H,20H2,1-2H3. The average Bonchev–Trinajstić information content (AvgIpc) is 2.71. The maximum Gasteiger partial charge on any atom is 0.273 e. The average molecular weight is 357 g/mol. The first-order chi connectivity index (χ1) is 11.9. The monoisotopic (exact) mass is 356 g/mol. The van der Waals surface area contributed by atoms with Crippen LogP contribution in [0, 0.1) is 0 Å². The van der Waals surface area contributed by atoms with Crippen LogP contribution in [0.15, 0.2) is 53.5 Å². The van der Waals surface area contributed by atoms with E-state index in [1.165, 1.54) is 11.8 Å². The van der Waals surface area contributed by atoms with E-state index in [0.29, 0.717) is 22.0 Å². The number of likely N-dealkylation sites (N-methyl/N-ethyl adjacent to an activating group) is 1. The maximum atomic E-state index is 12.8. The Labute approximate surface area is 150 Å². The van der Waals surface area contributed by atoms with Gasteiger partial charge in [0.05, 0.1) is 11.4 Å². The second-order valence-electron chi connectivity index (χ2n) is 5.70. The number of hydrogen-bond acceptors (Lipinski definition) is 4. The predicted molar refractivity (Wildman–Crippen MR) is 97.4 cm³/mol. The summed E-state index contributed by atoms with van der Waals surface area (Å²) in [6, 6.07) is 14.6. The van der Waals surface area contributed by atoms with E-state index >= 15 is 0 Å². The molecular formula is C18H17ClN4O2. The van der Waals surface area contributed by atoms with Gasteiger partial charge in [-0.2, -0.15) is 0 Å². The number of aliphatic imine (C=N–C) groups is 1. The minimum absolute atomic E-state index is 0.396. The molecule has 0 saturated heterocycles. The Kier molecular flexibility index (Phi) is 4.57. The first-order valence-corrected chi connectivity index (χ1v) is 8.03. The van der Waals surface area contributed by atoms with Crippen LogP contribution in [-0.4, -0.2) is 35.7 Å². The van der Waals surface area contributed by atoms with E-state index in [9.17, 15) is 9.59 Å². The molecule has 7 heteroatoms. The molecule has 2 N–H and O–H groups in total. The Morgan fingerprint density at radius 1 is 1.24 bits per heavy atom. The molecule has 0 bridgehead atoms. The SMILES string of the molecule is CC(=O)N(N)C1N=C(c2ccccc2)c2cc(Cl)ccc2N(C)C1=O. The molecule has 0 radical (unpaired) electrons. The molecule has 3 rings (SSSR count). The van der Waals surface area contributed by atoms with Crippen molar-refractivity contribution in [3.63, 3.8) is 0 Å². The Hall–Kier alpha value is -2.70. The molecule has 0 saturated carbocycles. The van der Waals surface area contributed by atoms with Crippen LogP contribution >= 0.6 is 11.6 Å². The van der Waals surface area contributed by atoms with E-state index in [1.54, 1.807) is 25.2 Å². The molecule has 1 atom stereocenters. The zero-order valence-corrected chi connectivity index (χ0v) is 14.6. The number of hydrazine groups is 1. The van der Waals surface area contributed by atoms with Gasteiger partial charge in [0.2, 0.25) is 12.1 Å². The van der Waals surface area contributed by atoms with Crippen molar-refractivity contribution in [2.45, 2.75) is 13.1 Å². The second kappa shape index (κ2) is 6.66. The number of halogens is 1. The van der Waals surface area contributed by atoms with Crippen molar-refractivity contribution >= 4 is 34.8 Å². The lowest BCUT2D eigenvalue weighted by Gasteiger charge is -2.25. The molecule has 1 unspecified atom stereocenters. The Bertz CT molecular complexity index is 867. The molecule has 0 aliphatic carbocycles. The largest absolute Gasteiger partial charge is 0.311 e. The fraction of sp³-hybridized carbons (Fsp3) is 0.167. The number of carbonyl (C=O) groups is 2. The molecule has 0 aromatic heterocycles. The van der Waals surface area contributed by atoms with Crippen molar-refractivity contribution in [1.82, 2.24) is 5.01 Å². The third kappa shape index (κ3) is 3.14. The highest BCUT2D eigenvalue weighted by Gasteiger charge is 2.34. The highest BCUT2D eigenvalue weighted by Crippen LogP contribution is 2.30. The first-order valence-electron chi connectivity index (χ1n) is 7.65. The van der Waals surface area contributed by atoms with E-state index in [1.807, 2.05) is 30.3 Å². The van der Waals surface area contributed by atoms with Gasteiger partial charge >= 0.3 is 0 Å². The van der Waals surface area contributed by atoms with Crippen molar-refractivity contribution in [3.8, 4) is 0 Å². The van der Waals surface area contributed by atoms with E-state index in [4.69, 9.17) is 17.4 Å². The van der Waals surface area contributed by atoms with E-state index in [-0.39, 0.29) is 0 Å². The third-order valence-electron chi connectivity index (χ3n) is 4.05. The Morgan fingerprint density at radius 2 is 1.92 bits per heavy atom. The summed E-state index contributed by atoms with van der Waals surface area (Å²) in [6.45, 7) is 1.29. The van der Waals surface area contributed by atoms with Gasteiger partial charge < -0.3 is 4.90 Å². The fourth-order valence-corrected chi connectivity index (χ4v) is 2.88. The van der Waals surface area contributed by atoms with Gasteiger partial charge in [0.25, 0.3) is 5.91 Å². The minimum atomic E-state index is -1.15. The van der Waals surface area contributed by atoms with Gasteiger partial charge in [0.15, 0.2) is 0 Å². The zero-order valence-electron chi connectivity index (χ0n) is 13.8. The molecule has 1 heterocycles. The Morgan fingerprint density at radius 3 is 2.56 bits per heavy atom. The van der Waals surface area contributed by atoms with Gasteiger partial charge in [0, 0.05) is 30.1 Å². The lowest BCUT2D eigenvalue weighted by molar-refractivity contribution is -0.137. The highest BCUT2D eigenvalue weighted by atomic mass is 35.5. The Balaban J connectivity index is 2.27. The van der Waals surface area contributed by atoms with Crippen LogP contribution in [-0.2, 0) is 9.59 Å². The number of rotatable bonds is 2. The molecule has 128 valence electrons. The summed E-state index contributed by atoms with van der Waals surface area (Å²) in [4.78, 5) is 30.5. The third-order valence-corrected chi connectivity index (χ3v) is 4.29. The lowest BCUT2D eigenvalue weighted by Crippen LogP contribution is -2.51. The van der Waals surface area contributed by atoms with Crippen LogP contribution < -0.4 is 10.7 Å². The number of anilines is 1. The quantitative estimate of drug-likeness (QED) is 0.509. The summed E-state index contributed by atoms with van der Waals surface area (Å²) in [5.41, 5.74) is 2.71. The highest BCUT2D eigenvalue weighted by molar-refractivity contribution is 6.32.